The van der Waals surface area contributed by atoms with Crippen molar-refractivity contribution in [3.05, 3.63) is 42.2 Å². The first kappa shape index (κ1) is 17.0. The van der Waals surface area contributed by atoms with Gasteiger partial charge in [-0.2, -0.15) is 0 Å². The second kappa shape index (κ2) is 6.09. The first-order valence-electron chi connectivity index (χ1n) is 7.62. The largest absolute Gasteiger partial charge is 0.463 e. The van der Waals surface area contributed by atoms with Crippen LogP contribution in [0.15, 0.2) is 59.4 Å². The van der Waals surface area contributed by atoms with E-state index < -0.39 is 34.0 Å². The smallest absolute Gasteiger partial charge is 0.375 e. The molecule has 0 saturated heterocycles. The quantitative estimate of drug-likeness (QED) is 0.731. The number of nitrogens with zero attached hydrogens (tertiary/aromatic N) is 4. The van der Waals surface area contributed by atoms with E-state index in [1.54, 1.807) is 12.1 Å². The number of fused-ring (bicyclic) bond motifs is 1. The van der Waals surface area contributed by atoms with Crippen LogP contribution in [0.3, 0.4) is 0 Å². The lowest BCUT2D eigenvalue weighted by molar-refractivity contribution is 0.0559. The zero-order chi connectivity index (χ0) is 19.2. The number of sulfonamides is 1. The Balaban J connectivity index is 1.73. The number of carbonyl (C=O) groups is 1. The second-order valence-corrected chi connectivity index (χ2v) is 7.34. The van der Waals surface area contributed by atoms with Crippen LogP contribution < -0.4 is 5.73 Å². The van der Waals surface area contributed by atoms with Crippen molar-refractivity contribution in [2.24, 2.45) is 20.7 Å². The molecule has 2 aromatic heterocycles. The van der Waals surface area contributed by atoms with Crippen molar-refractivity contribution in [2.75, 3.05) is 7.11 Å². The monoisotopic (exact) mass is 391 g/mol. The number of esters is 1. The number of nitrogens with two attached hydrogens (primary N) is 1. The van der Waals surface area contributed by atoms with Gasteiger partial charge in [-0.15, -0.1) is 0 Å². The number of hydrogen-bond donors (Lipinski definition) is 1. The Morgan fingerprint density at radius 3 is 2.81 bits per heavy atom. The summed E-state index contributed by atoms with van der Waals surface area (Å²) in [6, 6.07) is 3.73. The van der Waals surface area contributed by atoms with Crippen molar-refractivity contribution < 1.29 is 26.8 Å². The molecule has 27 heavy (non-hydrogen) atoms. The SMILES string of the molecule is COC(=O)c1occc1S(=O)(=O)N1C=NC2C(c3ccco3)=NC(N)=NC21. The van der Waals surface area contributed by atoms with E-state index in [1.807, 2.05) is 0 Å². The number of carbonyl (C=O) groups excluding carboxylic acids is 1. The number of ether oxygens (including phenoxy) is 1. The fourth-order valence-corrected chi connectivity index (χ4v) is 4.25. The van der Waals surface area contributed by atoms with Crippen molar-refractivity contribution in [1.29, 1.82) is 0 Å². The highest BCUT2D eigenvalue weighted by atomic mass is 32.2. The standard InChI is InChI=1S/C15H13N5O6S/c1-24-14(21)12-9(4-6-26-12)27(22,23)20-7-17-11-10(8-3-2-5-25-8)18-15(16)19-13(11)20/h2-7,11,13H,1H3,(H2,16,19). The third kappa shape index (κ3) is 2.61. The average Bonchev–Trinajstić information content (AvgIpc) is 3.39. The third-order valence-electron chi connectivity index (χ3n) is 3.99. The normalized spacial score (nSPS) is 21.6. The minimum atomic E-state index is -4.23. The van der Waals surface area contributed by atoms with Gasteiger partial charge in [-0.3, -0.25) is 4.99 Å². The molecule has 0 saturated carbocycles. The molecule has 2 N–H and O–H groups in total. The van der Waals surface area contributed by atoms with Gasteiger partial charge in [0.2, 0.25) is 11.7 Å². The zero-order valence-corrected chi connectivity index (χ0v) is 14.7. The van der Waals surface area contributed by atoms with Gasteiger partial charge in [0, 0.05) is 0 Å². The van der Waals surface area contributed by atoms with E-state index in [9.17, 15) is 13.2 Å². The number of hydrogen-bond acceptors (Lipinski definition) is 10. The molecule has 2 aliphatic rings. The van der Waals surface area contributed by atoms with Crippen molar-refractivity contribution in [2.45, 2.75) is 17.1 Å². The molecule has 12 heteroatoms. The Kier molecular flexibility index (Phi) is 3.84. The molecule has 140 valence electrons. The molecular formula is C15H13N5O6S. The van der Waals surface area contributed by atoms with Gasteiger partial charge in [-0.05, 0) is 18.2 Å². The molecule has 0 bridgehead atoms. The van der Waals surface area contributed by atoms with Crippen molar-refractivity contribution in [3.63, 3.8) is 0 Å². The molecule has 0 aliphatic carbocycles. The van der Waals surface area contributed by atoms with E-state index in [-0.39, 0.29) is 10.9 Å². The van der Waals surface area contributed by atoms with Crippen LogP contribution in [0.25, 0.3) is 0 Å². The lowest BCUT2D eigenvalue weighted by atomic mass is 10.1. The van der Waals surface area contributed by atoms with Crippen LogP contribution in [0.1, 0.15) is 16.3 Å². The van der Waals surface area contributed by atoms with Crippen LogP contribution in [0.4, 0.5) is 0 Å². The Labute approximate surface area is 152 Å². The van der Waals surface area contributed by atoms with E-state index in [4.69, 9.17) is 14.6 Å². The van der Waals surface area contributed by atoms with Crippen molar-refractivity contribution in [3.8, 4) is 0 Å². The van der Waals surface area contributed by atoms with E-state index in [0.29, 0.717) is 11.5 Å². The highest BCUT2D eigenvalue weighted by Crippen LogP contribution is 2.30. The lowest BCUT2D eigenvalue weighted by Gasteiger charge is -2.26. The zero-order valence-electron chi connectivity index (χ0n) is 13.8. The summed E-state index contributed by atoms with van der Waals surface area (Å²) < 4.78 is 41.9. The van der Waals surface area contributed by atoms with Gasteiger partial charge in [0.05, 0.1) is 19.6 Å². The van der Waals surface area contributed by atoms with Crippen LogP contribution >= 0.6 is 0 Å². The van der Waals surface area contributed by atoms with Gasteiger partial charge < -0.3 is 19.3 Å². The summed E-state index contributed by atoms with van der Waals surface area (Å²) in [7, 11) is -3.11. The minimum Gasteiger partial charge on any atom is -0.463 e. The van der Waals surface area contributed by atoms with Gasteiger partial charge in [0.1, 0.15) is 23.0 Å². The molecule has 0 amide bonds. The summed E-state index contributed by atoms with van der Waals surface area (Å²) in [4.78, 5) is 23.9. The maximum atomic E-state index is 13.1. The van der Waals surface area contributed by atoms with E-state index in [1.165, 1.54) is 6.26 Å². The predicted octanol–water partition coefficient (Wildman–Crippen LogP) is 0.204. The predicted molar refractivity (Wildman–Crippen MR) is 92.0 cm³/mol. The number of rotatable bonds is 4. The molecule has 0 spiro atoms. The fraction of sp³-hybridized carbons (Fsp3) is 0.200. The Morgan fingerprint density at radius 1 is 1.30 bits per heavy atom. The van der Waals surface area contributed by atoms with Gasteiger partial charge in [0.25, 0.3) is 10.0 Å². The molecule has 4 rings (SSSR count). The Bertz CT molecular complexity index is 1080. The first-order valence-corrected chi connectivity index (χ1v) is 9.06. The summed E-state index contributed by atoms with van der Waals surface area (Å²) in [6.45, 7) is 0. The summed E-state index contributed by atoms with van der Waals surface area (Å²) in [5, 5.41) is 0. The highest BCUT2D eigenvalue weighted by molar-refractivity contribution is 7.89. The van der Waals surface area contributed by atoms with Crippen LogP contribution in [0.2, 0.25) is 0 Å². The van der Waals surface area contributed by atoms with Gasteiger partial charge >= 0.3 is 5.97 Å². The molecule has 0 aromatic carbocycles. The molecular weight excluding hydrogens is 378 g/mol. The lowest BCUT2D eigenvalue weighted by Crippen LogP contribution is -2.46. The maximum Gasteiger partial charge on any atom is 0.375 e. The molecule has 4 heterocycles. The topological polar surface area (TPSA) is 153 Å². The second-order valence-electron chi connectivity index (χ2n) is 5.53. The summed E-state index contributed by atoms with van der Waals surface area (Å²) in [6.07, 6.45) is 2.64. The molecule has 2 unspecified atom stereocenters. The third-order valence-corrected chi connectivity index (χ3v) is 5.74. The molecule has 2 atom stereocenters. The molecule has 2 aliphatic heterocycles. The first-order chi connectivity index (χ1) is 12.9. The van der Waals surface area contributed by atoms with Gasteiger partial charge in [-0.1, -0.05) is 0 Å². The Hall–Kier alpha value is -3.41. The van der Waals surface area contributed by atoms with Crippen LogP contribution in [0.5, 0.6) is 0 Å². The summed E-state index contributed by atoms with van der Waals surface area (Å²) in [5.41, 5.74) is 6.12. The molecule has 0 fully saturated rings. The molecule has 11 nitrogen and oxygen atoms in total. The summed E-state index contributed by atoms with van der Waals surface area (Å²) >= 11 is 0. The van der Waals surface area contributed by atoms with E-state index in [2.05, 4.69) is 19.7 Å². The van der Waals surface area contributed by atoms with Crippen LogP contribution in [-0.2, 0) is 14.8 Å². The minimum absolute atomic E-state index is 0.117. The van der Waals surface area contributed by atoms with Crippen LogP contribution in [0, 0.1) is 0 Å². The number of guanidine groups is 1. The van der Waals surface area contributed by atoms with Gasteiger partial charge in [0.15, 0.2) is 11.9 Å². The van der Waals surface area contributed by atoms with Gasteiger partial charge in [-0.25, -0.2) is 27.5 Å². The molecule has 0 radical (unpaired) electrons. The maximum absolute atomic E-state index is 13.1. The number of furan rings is 2. The summed E-state index contributed by atoms with van der Waals surface area (Å²) in [5.74, 6) is -1.08. The highest BCUT2D eigenvalue weighted by Gasteiger charge is 2.45. The van der Waals surface area contributed by atoms with E-state index >= 15 is 0 Å². The van der Waals surface area contributed by atoms with Crippen molar-refractivity contribution >= 4 is 34.0 Å². The Morgan fingerprint density at radius 2 is 2.11 bits per heavy atom. The van der Waals surface area contributed by atoms with Crippen molar-refractivity contribution in [1.82, 2.24) is 4.31 Å². The number of methoxy groups -OCH3 is 1. The fourth-order valence-electron chi connectivity index (χ4n) is 2.80. The van der Waals surface area contributed by atoms with E-state index in [0.717, 1.165) is 30.1 Å². The van der Waals surface area contributed by atoms with Crippen LogP contribution in [-0.4, -0.2) is 56.0 Å². The number of aliphatic imine (C=N–C) groups is 3. The average molecular weight is 391 g/mol. The molecule has 2 aromatic rings.